The van der Waals surface area contributed by atoms with Gasteiger partial charge in [-0.1, -0.05) is 29.3 Å². The summed E-state index contributed by atoms with van der Waals surface area (Å²) >= 11 is 11.8. The molecule has 0 unspecified atom stereocenters. The summed E-state index contributed by atoms with van der Waals surface area (Å²) in [7, 11) is -11.5. The molecule has 0 aliphatic carbocycles. The number of sulfone groups is 2. The Labute approximate surface area is 173 Å². The zero-order chi connectivity index (χ0) is 20.7. The van der Waals surface area contributed by atoms with Crippen molar-refractivity contribution < 1.29 is 25.3 Å². The number of sulfonamides is 1. The van der Waals surface area contributed by atoms with Crippen LogP contribution in [0.25, 0.3) is 0 Å². The van der Waals surface area contributed by atoms with Crippen molar-refractivity contribution in [2.45, 2.75) is 21.5 Å². The van der Waals surface area contributed by atoms with Crippen LogP contribution >= 0.6 is 23.2 Å². The van der Waals surface area contributed by atoms with E-state index in [1.165, 1.54) is 36.4 Å². The summed E-state index contributed by atoms with van der Waals surface area (Å²) < 4.78 is 76.3. The van der Waals surface area contributed by atoms with E-state index in [0.29, 0.717) is 5.02 Å². The molecule has 0 aromatic heterocycles. The van der Waals surface area contributed by atoms with E-state index in [9.17, 15) is 25.3 Å². The van der Waals surface area contributed by atoms with Crippen LogP contribution in [0.15, 0.2) is 52.3 Å². The minimum absolute atomic E-state index is 0.0136. The molecule has 1 aliphatic rings. The first-order valence-corrected chi connectivity index (χ1v) is 13.5. The topological polar surface area (TPSA) is 114 Å². The van der Waals surface area contributed by atoms with Crippen molar-refractivity contribution in [1.82, 2.24) is 0 Å². The lowest BCUT2D eigenvalue weighted by atomic mass is 10.3. The molecule has 1 N–H and O–H groups in total. The third kappa shape index (κ3) is 4.46. The second-order valence-corrected chi connectivity index (χ2v) is 13.3. The summed E-state index contributed by atoms with van der Waals surface area (Å²) in [4.78, 5) is -0.542. The molecule has 152 valence electrons. The van der Waals surface area contributed by atoms with Crippen molar-refractivity contribution in [2.24, 2.45) is 0 Å². The molecule has 3 rings (SSSR count). The van der Waals surface area contributed by atoms with Gasteiger partial charge in [-0.3, -0.25) is 4.72 Å². The van der Waals surface area contributed by atoms with E-state index in [4.69, 9.17) is 23.2 Å². The highest BCUT2D eigenvalue weighted by Gasteiger charge is 2.38. The van der Waals surface area contributed by atoms with Crippen LogP contribution in [0.2, 0.25) is 10.0 Å². The van der Waals surface area contributed by atoms with Crippen LogP contribution in [0.4, 0.5) is 5.69 Å². The first-order valence-electron chi connectivity index (χ1n) is 7.93. The first kappa shape index (κ1) is 21.4. The Kier molecular flexibility index (Phi) is 5.72. The minimum Gasteiger partial charge on any atom is -0.278 e. The lowest BCUT2D eigenvalue weighted by Crippen LogP contribution is -2.23. The Morgan fingerprint density at radius 1 is 0.964 bits per heavy atom. The number of nitrogens with one attached hydrogen (secondary N) is 1. The third-order valence-electron chi connectivity index (χ3n) is 4.25. The molecular weight excluding hydrogens is 469 g/mol. The number of anilines is 1. The van der Waals surface area contributed by atoms with E-state index in [0.717, 1.165) is 6.07 Å². The molecule has 0 bridgehead atoms. The van der Waals surface area contributed by atoms with Crippen LogP contribution in [-0.2, 0) is 29.7 Å². The second kappa shape index (κ2) is 7.49. The SMILES string of the molecule is O=S1(=O)CC[C@@H](S(=O)(=O)c2cccc(S(=O)(=O)Nc3ccc(Cl)cc3Cl)c2)C1. The number of hydrogen-bond acceptors (Lipinski definition) is 6. The van der Waals surface area contributed by atoms with E-state index in [1.54, 1.807) is 0 Å². The lowest BCUT2D eigenvalue weighted by Gasteiger charge is -2.13. The van der Waals surface area contributed by atoms with Gasteiger partial charge in [0.1, 0.15) is 0 Å². The van der Waals surface area contributed by atoms with Crippen molar-refractivity contribution in [1.29, 1.82) is 0 Å². The molecule has 2 aromatic carbocycles. The van der Waals surface area contributed by atoms with Crippen molar-refractivity contribution in [3.63, 3.8) is 0 Å². The molecule has 0 spiro atoms. The lowest BCUT2D eigenvalue weighted by molar-refractivity contribution is 0.582. The highest BCUT2D eigenvalue weighted by Crippen LogP contribution is 2.30. The molecule has 7 nitrogen and oxygen atoms in total. The van der Waals surface area contributed by atoms with Crippen LogP contribution in [0, 0.1) is 0 Å². The van der Waals surface area contributed by atoms with Crippen molar-refractivity contribution >= 4 is 58.6 Å². The van der Waals surface area contributed by atoms with Gasteiger partial charge >= 0.3 is 0 Å². The largest absolute Gasteiger partial charge is 0.278 e. The Hall–Kier alpha value is -1.33. The summed E-state index contributed by atoms with van der Waals surface area (Å²) in [5.41, 5.74) is 0.0845. The van der Waals surface area contributed by atoms with Gasteiger partial charge in [0.15, 0.2) is 19.7 Å². The van der Waals surface area contributed by atoms with Gasteiger partial charge in [-0.25, -0.2) is 25.3 Å². The standard InChI is InChI=1S/C16H15Cl2NO6S3/c17-11-4-5-16(15(18)8-11)19-28(24,25)13-3-1-2-12(9-13)27(22,23)14-6-7-26(20,21)10-14/h1-5,8-9,14,19H,6-7,10H2/t14-/m1/s1. The Balaban J connectivity index is 1.94. The van der Waals surface area contributed by atoms with Gasteiger partial charge in [0.25, 0.3) is 10.0 Å². The summed E-state index contributed by atoms with van der Waals surface area (Å²) in [6, 6.07) is 8.97. The van der Waals surface area contributed by atoms with Crippen molar-refractivity contribution in [3.8, 4) is 0 Å². The number of hydrogen-bond donors (Lipinski definition) is 1. The maximum absolute atomic E-state index is 12.7. The van der Waals surface area contributed by atoms with Gasteiger partial charge in [-0.2, -0.15) is 0 Å². The van der Waals surface area contributed by atoms with Crippen molar-refractivity contribution in [2.75, 3.05) is 16.2 Å². The monoisotopic (exact) mass is 483 g/mol. The average molecular weight is 484 g/mol. The van der Waals surface area contributed by atoms with Crippen LogP contribution in [0.5, 0.6) is 0 Å². The number of benzene rings is 2. The summed E-state index contributed by atoms with van der Waals surface area (Å²) in [6.45, 7) is 0. The van der Waals surface area contributed by atoms with Gasteiger partial charge in [0.05, 0.1) is 37.3 Å². The zero-order valence-electron chi connectivity index (χ0n) is 14.2. The molecule has 0 saturated carbocycles. The third-order valence-corrected chi connectivity index (χ3v) is 10.3. The molecule has 1 aliphatic heterocycles. The molecule has 1 saturated heterocycles. The van der Waals surface area contributed by atoms with E-state index < -0.39 is 40.7 Å². The fraction of sp³-hybridized carbons (Fsp3) is 0.250. The molecule has 0 amide bonds. The predicted molar refractivity (Wildman–Crippen MR) is 108 cm³/mol. The Morgan fingerprint density at radius 3 is 2.25 bits per heavy atom. The Bertz CT molecular complexity index is 1240. The second-order valence-electron chi connectivity index (χ2n) is 6.27. The maximum Gasteiger partial charge on any atom is 0.261 e. The van der Waals surface area contributed by atoms with Gasteiger partial charge in [0, 0.05) is 5.02 Å². The smallest absolute Gasteiger partial charge is 0.261 e. The van der Waals surface area contributed by atoms with Gasteiger partial charge in [-0.05, 0) is 42.8 Å². The summed E-state index contributed by atoms with van der Waals surface area (Å²) in [5, 5.41) is -0.683. The van der Waals surface area contributed by atoms with Crippen LogP contribution in [0.1, 0.15) is 6.42 Å². The predicted octanol–water partition coefficient (Wildman–Crippen LogP) is 2.76. The fourth-order valence-electron chi connectivity index (χ4n) is 2.79. The van der Waals surface area contributed by atoms with Gasteiger partial charge in [0.2, 0.25) is 0 Å². The molecule has 2 aromatic rings. The first-order chi connectivity index (χ1) is 12.9. The molecule has 28 heavy (non-hydrogen) atoms. The average Bonchev–Trinajstić information content (AvgIpc) is 2.98. The van der Waals surface area contributed by atoms with E-state index in [1.807, 2.05) is 0 Å². The van der Waals surface area contributed by atoms with Gasteiger partial charge < -0.3 is 0 Å². The number of rotatable bonds is 5. The highest BCUT2D eigenvalue weighted by molar-refractivity contribution is 7.96. The summed E-state index contributed by atoms with van der Waals surface area (Å²) in [6.07, 6.45) is -0.0136. The van der Waals surface area contributed by atoms with Crippen LogP contribution in [-0.4, -0.2) is 42.0 Å². The quantitative estimate of drug-likeness (QED) is 0.698. The number of halogens is 2. The molecule has 1 heterocycles. The summed E-state index contributed by atoms with van der Waals surface area (Å²) in [5.74, 6) is -0.670. The minimum atomic E-state index is -4.14. The van der Waals surface area contributed by atoms with Crippen LogP contribution < -0.4 is 4.72 Å². The van der Waals surface area contributed by atoms with E-state index in [2.05, 4.69) is 4.72 Å². The zero-order valence-corrected chi connectivity index (χ0v) is 18.1. The molecular formula is C16H15Cl2NO6S3. The van der Waals surface area contributed by atoms with Crippen molar-refractivity contribution in [3.05, 3.63) is 52.5 Å². The van der Waals surface area contributed by atoms with Gasteiger partial charge in [-0.15, -0.1) is 0 Å². The maximum atomic E-state index is 12.7. The fourth-order valence-corrected chi connectivity index (χ4v) is 8.91. The van der Waals surface area contributed by atoms with E-state index in [-0.39, 0.29) is 32.7 Å². The molecule has 0 radical (unpaired) electrons. The van der Waals surface area contributed by atoms with Crippen LogP contribution in [0.3, 0.4) is 0 Å². The normalized spacial score (nSPS) is 19.4. The molecule has 1 atom stereocenters. The Morgan fingerprint density at radius 2 is 1.64 bits per heavy atom. The highest BCUT2D eigenvalue weighted by atomic mass is 35.5. The van der Waals surface area contributed by atoms with E-state index >= 15 is 0 Å². The molecule has 12 heteroatoms. The molecule has 1 fully saturated rings.